The Bertz CT molecular complexity index is 489. The Kier molecular flexibility index (Phi) is 5.91. The van der Waals surface area contributed by atoms with Crippen molar-refractivity contribution >= 4 is 30.0 Å². The SMILES string of the molecule is C1=Cc2ccccc2SN1.O=C(O)CC(O)C(=O)O. The molecular formula is C12H13NO5S. The minimum Gasteiger partial charge on any atom is -0.481 e. The molecule has 0 radical (unpaired) electrons. The molecule has 0 spiro atoms. The number of hydrogen-bond donors (Lipinski definition) is 4. The van der Waals surface area contributed by atoms with E-state index in [2.05, 4.69) is 29.0 Å². The number of carbonyl (C=O) groups is 2. The smallest absolute Gasteiger partial charge is 0.333 e. The molecule has 1 aliphatic heterocycles. The largest absolute Gasteiger partial charge is 0.481 e. The van der Waals surface area contributed by atoms with Gasteiger partial charge in [-0.25, -0.2) is 4.79 Å². The van der Waals surface area contributed by atoms with Gasteiger partial charge in [0.15, 0.2) is 6.10 Å². The Morgan fingerprint density at radius 2 is 1.95 bits per heavy atom. The van der Waals surface area contributed by atoms with Crippen LogP contribution in [0.4, 0.5) is 0 Å². The number of carboxylic acids is 2. The fraction of sp³-hybridized carbons (Fsp3) is 0.167. The van der Waals surface area contributed by atoms with Crippen molar-refractivity contribution < 1.29 is 24.9 Å². The van der Waals surface area contributed by atoms with E-state index in [1.165, 1.54) is 10.5 Å². The Balaban J connectivity index is 0.000000192. The van der Waals surface area contributed by atoms with Crippen molar-refractivity contribution in [1.29, 1.82) is 0 Å². The summed E-state index contributed by atoms with van der Waals surface area (Å²) < 4.78 is 3.08. The zero-order valence-corrected chi connectivity index (χ0v) is 10.6. The highest BCUT2D eigenvalue weighted by molar-refractivity contribution is 7.97. The monoisotopic (exact) mass is 283 g/mol. The normalized spacial score (nSPS) is 13.3. The lowest BCUT2D eigenvalue weighted by Gasteiger charge is -2.08. The van der Waals surface area contributed by atoms with Crippen molar-refractivity contribution in [3.63, 3.8) is 0 Å². The summed E-state index contributed by atoms with van der Waals surface area (Å²) in [5, 5.41) is 24.1. The molecular weight excluding hydrogens is 270 g/mol. The maximum absolute atomic E-state index is 9.72. The first-order valence-corrected chi connectivity index (χ1v) is 6.13. The summed E-state index contributed by atoms with van der Waals surface area (Å²) in [7, 11) is 0. The molecule has 19 heavy (non-hydrogen) atoms. The average molecular weight is 283 g/mol. The standard InChI is InChI=1S/C8H7NS.C4H6O5/c1-2-4-8-7(3-1)5-6-9-10-8;5-2(4(8)9)1-3(6)7/h1-6,9H;2,5H,1H2,(H,6,7)(H,8,9). The van der Waals surface area contributed by atoms with E-state index < -0.39 is 24.5 Å². The molecule has 6 nitrogen and oxygen atoms in total. The zero-order valence-electron chi connectivity index (χ0n) is 9.81. The van der Waals surface area contributed by atoms with Crippen LogP contribution in [0.15, 0.2) is 35.4 Å². The number of benzene rings is 1. The van der Waals surface area contributed by atoms with Gasteiger partial charge >= 0.3 is 11.9 Å². The molecule has 0 aliphatic carbocycles. The molecule has 0 saturated heterocycles. The van der Waals surface area contributed by atoms with Gasteiger partial charge in [-0.1, -0.05) is 18.2 Å². The molecule has 0 fully saturated rings. The molecule has 1 aliphatic rings. The van der Waals surface area contributed by atoms with Crippen LogP contribution in [-0.2, 0) is 9.59 Å². The van der Waals surface area contributed by atoms with Crippen LogP contribution < -0.4 is 4.72 Å². The van der Waals surface area contributed by atoms with Gasteiger partial charge in [-0.2, -0.15) is 0 Å². The van der Waals surface area contributed by atoms with Crippen LogP contribution in [0.25, 0.3) is 6.08 Å². The third-order valence-electron chi connectivity index (χ3n) is 2.07. The first kappa shape index (κ1) is 15.1. The maximum atomic E-state index is 9.72. The van der Waals surface area contributed by atoms with Crippen molar-refractivity contribution in [1.82, 2.24) is 4.72 Å². The highest BCUT2D eigenvalue weighted by Crippen LogP contribution is 2.23. The Morgan fingerprint density at radius 1 is 1.26 bits per heavy atom. The van der Waals surface area contributed by atoms with Gasteiger partial charge in [0, 0.05) is 11.1 Å². The van der Waals surface area contributed by atoms with Gasteiger partial charge in [0.25, 0.3) is 0 Å². The van der Waals surface area contributed by atoms with Crippen molar-refractivity contribution in [3.8, 4) is 0 Å². The Hall–Kier alpha value is -1.99. The van der Waals surface area contributed by atoms with Crippen LogP contribution in [0.3, 0.4) is 0 Å². The molecule has 2 rings (SSSR count). The van der Waals surface area contributed by atoms with Gasteiger partial charge in [0.05, 0.1) is 6.42 Å². The number of aliphatic hydroxyl groups is 1. The number of nitrogens with one attached hydrogen (secondary N) is 1. The molecule has 102 valence electrons. The number of aliphatic hydroxyl groups excluding tert-OH is 1. The molecule has 1 atom stereocenters. The molecule has 1 aromatic carbocycles. The van der Waals surface area contributed by atoms with E-state index in [9.17, 15) is 9.59 Å². The highest BCUT2D eigenvalue weighted by Gasteiger charge is 2.16. The summed E-state index contributed by atoms with van der Waals surface area (Å²) in [4.78, 5) is 20.7. The molecule has 1 aromatic rings. The van der Waals surface area contributed by atoms with Crippen LogP contribution in [0.1, 0.15) is 12.0 Å². The fourth-order valence-electron chi connectivity index (χ4n) is 1.19. The predicted octanol–water partition coefficient (Wildman–Crippen LogP) is 1.17. The summed E-state index contributed by atoms with van der Waals surface area (Å²) >= 11 is 1.65. The van der Waals surface area contributed by atoms with Gasteiger partial charge in [0.2, 0.25) is 0 Å². The van der Waals surface area contributed by atoms with Crippen LogP contribution in [0, 0.1) is 0 Å². The molecule has 0 saturated carbocycles. The second kappa shape index (κ2) is 7.45. The van der Waals surface area contributed by atoms with Gasteiger partial charge < -0.3 is 20.0 Å². The predicted molar refractivity (Wildman–Crippen MR) is 70.4 cm³/mol. The Labute approximate surface area is 113 Å². The second-order valence-corrected chi connectivity index (χ2v) is 4.42. The lowest BCUT2D eigenvalue weighted by Crippen LogP contribution is -2.22. The fourth-order valence-corrected chi connectivity index (χ4v) is 1.85. The first-order chi connectivity index (χ1) is 9.00. The topological polar surface area (TPSA) is 107 Å². The van der Waals surface area contributed by atoms with Crippen molar-refractivity contribution in [3.05, 3.63) is 36.0 Å². The van der Waals surface area contributed by atoms with E-state index in [1.807, 2.05) is 12.3 Å². The quantitative estimate of drug-likeness (QED) is 0.617. The van der Waals surface area contributed by atoms with E-state index in [0.29, 0.717) is 0 Å². The summed E-state index contributed by atoms with van der Waals surface area (Å²) in [5.41, 5.74) is 1.30. The maximum Gasteiger partial charge on any atom is 0.333 e. The lowest BCUT2D eigenvalue weighted by molar-refractivity contribution is -0.152. The summed E-state index contributed by atoms with van der Waals surface area (Å²) in [6.45, 7) is 0. The highest BCUT2D eigenvalue weighted by atomic mass is 32.2. The molecule has 7 heteroatoms. The van der Waals surface area contributed by atoms with Crippen LogP contribution in [0.5, 0.6) is 0 Å². The van der Waals surface area contributed by atoms with E-state index >= 15 is 0 Å². The van der Waals surface area contributed by atoms with E-state index in [1.54, 1.807) is 11.9 Å². The third-order valence-corrected chi connectivity index (χ3v) is 2.92. The number of rotatable bonds is 3. The van der Waals surface area contributed by atoms with Gasteiger partial charge in [-0.05, 0) is 29.7 Å². The number of fused-ring (bicyclic) bond motifs is 1. The Morgan fingerprint density at radius 3 is 2.47 bits per heavy atom. The van der Waals surface area contributed by atoms with Crippen molar-refractivity contribution in [2.24, 2.45) is 0 Å². The minimum absolute atomic E-state index is 0.755. The summed E-state index contributed by atoms with van der Waals surface area (Å²) in [5.74, 6) is -2.85. The summed E-state index contributed by atoms with van der Waals surface area (Å²) in [6.07, 6.45) is 1.48. The summed E-state index contributed by atoms with van der Waals surface area (Å²) in [6, 6.07) is 8.32. The van der Waals surface area contributed by atoms with Crippen molar-refractivity contribution in [2.75, 3.05) is 0 Å². The average Bonchev–Trinajstić information content (AvgIpc) is 2.39. The number of carboxylic acid groups (broad SMARTS) is 2. The molecule has 1 unspecified atom stereocenters. The van der Waals surface area contributed by atoms with E-state index in [-0.39, 0.29) is 0 Å². The molecule has 0 amide bonds. The van der Waals surface area contributed by atoms with Gasteiger partial charge in [-0.15, -0.1) is 0 Å². The number of hydrogen-bond acceptors (Lipinski definition) is 5. The van der Waals surface area contributed by atoms with Crippen LogP contribution in [0.2, 0.25) is 0 Å². The van der Waals surface area contributed by atoms with E-state index in [0.717, 1.165) is 0 Å². The zero-order chi connectivity index (χ0) is 14.3. The molecule has 0 bridgehead atoms. The first-order valence-electron chi connectivity index (χ1n) is 5.31. The molecule has 1 heterocycles. The van der Waals surface area contributed by atoms with Crippen molar-refractivity contribution in [2.45, 2.75) is 17.4 Å². The van der Waals surface area contributed by atoms with Gasteiger partial charge in [0.1, 0.15) is 0 Å². The van der Waals surface area contributed by atoms with Gasteiger partial charge in [-0.3, -0.25) is 4.79 Å². The molecule has 4 N–H and O–H groups in total. The lowest BCUT2D eigenvalue weighted by atomic mass is 10.2. The minimum atomic E-state index is -1.79. The third kappa shape index (κ3) is 5.45. The number of aliphatic carboxylic acids is 2. The second-order valence-electron chi connectivity index (χ2n) is 3.54. The van der Waals surface area contributed by atoms with Crippen LogP contribution in [-0.4, -0.2) is 33.4 Å². The molecule has 0 aromatic heterocycles. The van der Waals surface area contributed by atoms with E-state index in [4.69, 9.17) is 15.3 Å². The van der Waals surface area contributed by atoms with Crippen LogP contribution >= 0.6 is 11.9 Å².